The number of nitro groups is 1. The molecule has 0 bridgehead atoms. The summed E-state index contributed by atoms with van der Waals surface area (Å²) in [5.41, 5.74) is -1.63. The quantitative estimate of drug-likeness (QED) is 0.464. The standard InChI is InChI=1S/C14H18N2O6/c1-4-21-12(17)9-15-13(18)14(2,3)22-11-8-6-5-7-10(11)16(19)20/h5-8H,4,9H2,1-3H3,(H,15,18). The summed E-state index contributed by atoms with van der Waals surface area (Å²) < 4.78 is 10.1. The Balaban J connectivity index is 2.76. The smallest absolute Gasteiger partial charge is 0.325 e. The summed E-state index contributed by atoms with van der Waals surface area (Å²) in [4.78, 5) is 33.6. The summed E-state index contributed by atoms with van der Waals surface area (Å²) in [6.45, 7) is 4.47. The van der Waals surface area contributed by atoms with Crippen LogP contribution in [0.3, 0.4) is 0 Å². The highest BCUT2D eigenvalue weighted by molar-refractivity contribution is 5.88. The van der Waals surface area contributed by atoms with Crippen LogP contribution < -0.4 is 10.1 Å². The zero-order valence-corrected chi connectivity index (χ0v) is 12.6. The number of hydrogen-bond acceptors (Lipinski definition) is 6. The Kier molecular flexibility index (Phi) is 5.85. The average molecular weight is 310 g/mol. The van der Waals surface area contributed by atoms with Gasteiger partial charge < -0.3 is 14.8 Å². The molecule has 8 heteroatoms. The molecule has 1 aromatic rings. The van der Waals surface area contributed by atoms with Crippen LogP contribution in [0.5, 0.6) is 5.75 Å². The Morgan fingerprint density at radius 1 is 1.32 bits per heavy atom. The second kappa shape index (κ2) is 7.39. The number of carbonyl (C=O) groups is 2. The number of nitrogens with zero attached hydrogens (tertiary/aromatic N) is 1. The van der Waals surface area contributed by atoms with Crippen molar-refractivity contribution in [2.45, 2.75) is 26.4 Å². The first-order valence-corrected chi connectivity index (χ1v) is 6.64. The number of rotatable bonds is 7. The van der Waals surface area contributed by atoms with Crippen molar-refractivity contribution >= 4 is 17.6 Å². The molecular weight excluding hydrogens is 292 g/mol. The van der Waals surface area contributed by atoms with E-state index in [1.54, 1.807) is 13.0 Å². The van der Waals surface area contributed by atoms with Gasteiger partial charge in [0.15, 0.2) is 11.4 Å². The summed E-state index contributed by atoms with van der Waals surface area (Å²) in [5.74, 6) is -1.18. The molecule has 1 N–H and O–H groups in total. The fraction of sp³-hybridized carbons (Fsp3) is 0.429. The SMILES string of the molecule is CCOC(=O)CNC(=O)C(C)(C)Oc1ccccc1[N+](=O)[O-]. The molecule has 0 unspecified atom stereocenters. The van der Waals surface area contributed by atoms with Crippen molar-refractivity contribution in [3.05, 3.63) is 34.4 Å². The molecule has 1 amide bonds. The van der Waals surface area contributed by atoms with Crippen LogP contribution in [0.1, 0.15) is 20.8 Å². The third-order valence-electron chi connectivity index (χ3n) is 2.67. The first-order chi connectivity index (χ1) is 10.3. The number of esters is 1. The fourth-order valence-electron chi connectivity index (χ4n) is 1.59. The van der Waals surface area contributed by atoms with Gasteiger partial charge in [0, 0.05) is 6.07 Å². The molecule has 1 aromatic carbocycles. The lowest BCUT2D eigenvalue weighted by atomic mass is 10.1. The molecule has 0 saturated heterocycles. The van der Waals surface area contributed by atoms with E-state index in [0.29, 0.717) is 0 Å². The van der Waals surface area contributed by atoms with Crippen LogP contribution in [0.25, 0.3) is 0 Å². The molecule has 0 fully saturated rings. The first-order valence-electron chi connectivity index (χ1n) is 6.64. The topological polar surface area (TPSA) is 108 Å². The van der Waals surface area contributed by atoms with E-state index < -0.39 is 22.4 Å². The molecule has 0 aliphatic rings. The lowest BCUT2D eigenvalue weighted by Gasteiger charge is -2.24. The third kappa shape index (κ3) is 4.72. The monoisotopic (exact) mass is 310 g/mol. The molecule has 1 rings (SSSR count). The van der Waals surface area contributed by atoms with Crippen LogP contribution in [0.4, 0.5) is 5.69 Å². The minimum atomic E-state index is -1.39. The summed E-state index contributed by atoms with van der Waals surface area (Å²) >= 11 is 0. The van der Waals surface area contributed by atoms with Crippen LogP contribution in [-0.4, -0.2) is 35.6 Å². The molecule has 0 heterocycles. The predicted molar refractivity (Wildman–Crippen MR) is 77.4 cm³/mol. The highest BCUT2D eigenvalue weighted by atomic mass is 16.6. The molecule has 22 heavy (non-hydrogen) atoms. The van der Waals surface area contributed by atoms with Gasteiger partial charge in [-0.3, -0.25) is 19.7 Å². The summed E-state index contributed by atoms with van der Waals surface area (Å²) in [7, 11) is 0. The largest absolute Gasteiger partial charge is 0.471 e. The number of hydrogen-bond donors (Lipinski definition) is 1. The molecule has 0 atom stereocenters. The number of nitro benzene ring substituents is 1. The Morgan fingerprint density at radius 3 is 2.55 bits per heavy atom. The van der Waals surface area contributed by atoms with Crippen LogP contribution in [0.15, 0.2) is 24.3 Å². The zero-order chi connectivity index (χ0) is 16.8. The van der Waals surface area contributed by atoms with Crippen molar-refractivity contribution in [1.82, 2.24) is 5.32 Å². The van der Waals surface area contributed by atoms with E-state index in [1.165, 1.54) is 32.0 Å². The number of nitrogens with one attached hydrogen (secondary N) is 1. The lowest BCUT2D eigenvalue weighted by molar-refractivity contribution is -0.386. The van der Waals surface area contributed by atoms with Gasteiger partial charge in [0.25, 0.3) is 5.91 Å². The highest BCUT2D eigenvalue weighted by Gasteiger charge is 2.32. The minimum Gasteiger partial charge on any atom is -0.471 e. The Labute approximate surface area is 127 Å². The van der Waals surface area contributed by atoms with Crippen molar-refractivity contribution in [3.8, 4) is 5.75 Å². The number of para-hydroxylation sites is 2. The van der Waals surface area contributed by atoms with E-state index >= 15 is 0 Å². The van der Waals surface area contributed by atoms with E-state index in [4.69, 9.17) is 9.47 Å². The molecule has 120 valence electrons. The van der Waals surface area contributed by atoms with Gasteiger partial charge in [-0.05, 0) is 26.8 Å². The van der Waals surface area contributed by atoms with Crippen LogP contribution >= 0.6 is 0 Å². The maximum Gasteiger partial charge on any atom is 0.325 e. The van der Waals surface area contributed by atoms with E-state index in [9.17, 15) is 19.7 Å². The van der Waals surface area contributed by atoms with Gasteiger partial charge in [-0.25, -0.2) is 0 Å². The maximum absolute atomic E-state index is 12.0. The second-order valence-corrected chi connectivity index (χ2v) is 4.82. The summed E-state index contributed by atoms with van der Waals surface area (Å²) in [5, 5.41) is 13.3. The molecule has 0 aromatic heterocycles. The highest BCUT2D eigenvalue weighted by Crippen LogP contribution is 2.29. The van der Waals surface area contributed by atoms with Crippen molar-refractivity contribution in [2.24, 2.45) is 0 Å². The Morgan fingerprint density at radius 2 is 1.95 bits per heavy atom. The summed E-state index contributed by atoms with van der Waals surface area (Å²) in [6.07, 6.45) is 0. The number of ether oxygens (including phenoxy) is 2. The van der Waals surface area contributed by atoms with Gasteiger partial charge in [0.05, 0.1) is 11.5 Å². The number of amides is 1. The molecule has 0 aliphatic heterocycles. The first kappa shape index (κ1) is 17.4. The predicted octanol–water partition coefficient (Wildman–Crippen LogP) is 1.43. The zero-order valence-electron chi connectivity index (χ0n) is 12.6. The van der Waals surface area contributed by atoms with Crippen LogP contribution in [0, 0.1) is 10.1 Å². The minimum absolute atomic E-state index is 0.0243. The van der Waals surface area contributed by atoms with Crippen molar-refractivity contribution in [3.63, 3.8) is 0 Å². The van der Waals surface area contributed by atoms with Crippen LogP contribution in [0.2, 0.25) is 0 Å². The third-order valence-corrected chi connectivity index (χ3v) is 2.67. The van der Waals surface area contributed by atoms with E-state index in [1.807, 2.05) is 0 Å². The van der Waals surface area contributed by atoms with Gasteiger partial charge in [0.2, 0.25) is 0 Å². The second-order valence-electron chi connectivity index (χ2n) is 4.82. The van der Waals surface area contributed by atoms with Crippen LogP contribution in [-0.2, 0) is 14.3 Å². The molecule has 0 spiro atoms. The lowest BCUT2D eigenvalue weighted by Crippen LogP contribution is -2.48. The number of benzene rings is 1. The van der Waals surface area contributed by atoms with E-state index in [-0.39, 0.29) is 24.6 Å². The van der Waals surface area contributed by atoms with E-state index in [2.05, 4.69) is 5.32 Å². The maximum atomic E-state index is 12.0. The van der Waals surface area contributed by atoms with Crippen molar-refractivity contribution < 1.29 is 24.0 Å². The Bertz CT molecular complexity index is 570. The molecule has 8 nitrogen and oxygen atoms in total. The average Bonchev–Trinajstić information content (AvgIpc) is 2.45. The molecule has 0 saturated carbocycles. The Hall–Kier alpha value is -2.64. The molecule has 0 radical (unpaired) electrons. The fourth-order valence-corrected chi connectivity index (χ4v) is 1.59. The number of carbonyl (C=O) groups excluding carboxylic acids is 2. The van der Waals surface area contributed by atoms with Gasteiger partial charge in [-0.2, -0.15) is 0 Å². The normalized spacial score (nSPS) is 10.7. The van der Waals surface area contributed by atoms with Gasteiger partial charge in [0.1, 0.15) is 6.54 Å². The van der Waals surface area contributed by atoms with Gasteiger partial charge in [-0.1, -0.05) is 12.1 Å². The van der Waals surface area contributed by atoms with Gasteiger partial charge in [-0.15, -0.1) is 0 Å². The van der Waals surface area contributed by atoms with Crippen molar-refractivity contribution in [2.75, 3.05) is 13.2 Å². The van der Waals surface area contributed by atoms with Crippen molar-refractivity contribution in [1.29, 1.82) is 0 Å². The van der Waals surface area contributed by atoms with E-state index in [0.717, 1.165) is 0 Å². The molecular formula is C14H18N2O6. The summed E-state index contributed by atoms with van der Waals surface area (Å²) in [6, 6.07) is 5.74. The van der Waals surface area contributed by atoms with Gasteiger partial charge >= 0.3 is 11.7 Å². The molecule has 0 aliphatic carbocycles.